The first-order chi connectivity index (χ1) is 8.10. The molecule has 0 spiro atoms. The van der Waals surface area contributed by atoms with Gasteiger partial charge in [-0.15, -0.1) is 0 Å². The number of nitrogens with zero attached hydrogens (tertiary/aromatic N) is 1. The Kier molecular flexibility index (Phi) is 3.45. The van der Waals surface area contributed by atoms with Gasteiger partial charge >= 0.3 is 6.03 Å². The predicted octanol–water partition coefficient (Wildman–Crippen LogP) is -0.399. The third-order valence-electron chi connectivity index (χ3n) is 2.96. The molecule has 1 aliphatic heterocycles. The van der Waals surface area contributed by atoms with E-state index >= 15 is 0 Å². The molecule has 100 valence electrons. The van der Waals surface area contributed by atoms with Crippen molar-refractivity contribution in [2.75, 3.05) is 0 Å². The summed E-state index contributed by atoms with van der Waals surface area (Å²) < 4.78 is 0. The maximum absolute atomic E-state index is 12.2. The molecule has 1 fully saturated rings. The van der Waals surface area contributed by atoms with E-state index in [4.69, 9.17) is 5.73 Å². The van der Waals surface area contributed by atoms with Crippen LogP contribution in [0.3, 0.4) is 0 Å². The maximum atomic E-state index is 12.2. The molecular weight excluding hydrogens is 238 g/mol. The van der Waals surface area contributed by atoms with Gasteiger partial charge in [0.2, 0.25) is 17.7 Å². The zero-order chi connectivity index (χ0) is 14.2. The van der Waals surface area contributed by atoms with Crippen LogP contribution in [0.1, 0.15) is 27.7 Å². The van der Waals surface area contributed by atoms with E-state index in [1.807, 2.05) is 0 Å². The van der Waals surface area contributed by atoms with Crippen LogP contribution in [0, 0.1) is 11.3 Å². The minimum Gasteiger partial charge on any atom is -0.368 e. The van der Waals surface area contributed by atoms with Crippen LogP contribution in [0.15, 0.2) is 0 Å². The maximum Gasteiger partial charge on any atom is 0.331 e. The molecule has 1 saturated heterocycles. The van der Waals surface area contributed by atoms with Gasteiger partial charge in [-0.05, 0) is 19.8 Å². The Hall–Kier alpha value is -1.92. The summed E-state index contributed by atoms with van der Waals surface area (Å²) in [5, 5.41) is 2.06. The summed E-state index contributed by atoms with van der Waals surface area (Å²) in [6, 6.07) is -1.97. The lowest BCUT2D eigenvalue weighted by molar-refractivity contribution is -0.153. The van der Waals surface area contributed by atoms with Gasteiger partial charge in [0.15, 0.2) is 0 Å². The molecule has 3 N–H and O–H groups in total. The monoisotopic (exact) mass is 255 g/mol. The van der Waals surface area contributed by atoms with Gasteiger partial charge in [-0.3, -0.25) is 24.6 Å². The van der Waals surface area contributed by atoms with Crippen LogP contribution in [0.2, 0.25) is 0 Å². The van der Waals surface area contributed by atoms with Crippen LogP contribution in [0.25, 0.3) is 0 Å². The zero-order valence-corrected chi connectivity index (χ0v) is 10.8. The SMILES string of the molecule is CC(C)C(C(N)=O)N1C(=O)NC(=O)C(C)(C)C1=O. The van der Waals surface area contributed by atoms with E-state index in [1.165, 1.54) is 13.8 Å². The van der Waals surface area contributed by atoms with Crippen LogP contribution < -0.4 is 11.1 Å². The summed E-state index contributed by atoms with van der Waals surface area (Å²) in [6.07, 6.45) is 0. The first-order valence-corrected chi connectivity index (χ1v) is 5.59. The number of nitrogens with two attached hydrogens (primary N) is 1. The normalized spacial score (nSPS) is 20.9. The minimum absolute atomic E-state index is 0.332. The highest BCUT2D eigenvalue weighted by Crippen LogP contribution is 2.26. The lowest BCUT2D eigenvalue weighted by atomic mass is 9.87. The fourth-order valence-electron chi connectivity index (χ4n) is 1.81. The van der Waals surface area contributed by atoms with Gasteiger partial charge in [0, 0.05) is 0 Å². The van der Waals surface area contributed by atoms with E-state index in [0.29, 0.717) is 0 Å². The van der Waals surface area contributed by atoms with E-state index in [2.05, 4.69) is 5.32 Å². The number of hydrogen-bond donors (Lipinski definition) is 2. The summed E-state index contributed by atoms with van der Waals surface area (Å²) in [4.78, 5) is 47.6. The quantitative estimate of drug-likeness (QED) is 0.668. The Morgan fingerprint density at radius 2 is 1.78 bits per heavy atom. The Morgan fingerprint density at radius 3 is 2.17 bits per heavy atom. The second kappa shape index (κ2) is 4.40. The van der Waals surface area contributed by atoms with Crippen molar-refractivity contribution < 1.29 is 19.2 Å². The summed E-state index contributed by atoms with van der Waals surface area (Å²) in [5.74, 6) is -2.51. The van der Waals surface area contributed by atoms with Gasteiger partial charge in [0.25, 0.3) is 0 Å². The van der Waals surface area contributed by atoms with Crippen LogP contribution >= 0.6 is 0 Å². The molecule has 1 aliphatic rings. The average molecular weight is 255 g/mol. The van der Waals surface area contributed by atoms with Crippen molar-refractivity contribution in [2.24, 2.45) is 17.1 Å². The van der Waals surface area contributed by atoms with E-state index in [9.17, 15) is 19.2 Å². The van der Waals surface area contributed by atoms with Crippen molar-refractivity contribution in [3.63, 3.8) is 0 Å². The second-order valence-electron chi connectivity index (χ2n) is 5.15. The molecule has 1 atom stereocenters. The molecule has 0 aromatic rings. The molecule has 1 rings (SSSR count). The lowest BCUT2D eigenvalue weighted by Gasteiger charge is -2.39. The third-order valence-corrected chi connectivity index (χ3v) is 2.96. The number of rotatable bonds is 3. The number of nitrogens with one attached hydrogen (secondary N) is 1. The molecule has 0 aromatic carbocycles. The number of barbiturate groups is 1. The third kappa shape index (κ3) is 2.07. The molecule has 0 saturated carbocycles. The van der Waals surface area contributed by atoms with Gasteiger partial charge in [-0.1, -0.05) is 13.8 Å². The van der Waals surface area contributed by atoms with Crippen molar-refractivity contribution in [1.29, 1.82) is 0 Å². The van der Waals surface area contributed by atoms with Gasteiger partial charge in [0.1, 0.15) is 11.5 Å². The van der Waals surface area contributed by atoms with Crippen molar-refractivity contribution in [3.8, 4) is 0 Å². The molecular formula is C11H17N3O4. The summed E-state index contributed by atoms with van der Waals surface area (Å²) in [6.45, 7) is 6.11. The number of hydrogen-bond acceptors (Lipinski definition) is 4. The fraction of sp³-hybridized carbons (Fsp3) is 0.636. The summed E-state index contributed by atoms with van der Waals surface area (Å²) in [7, 11) is 0. The van der Waals surface area contributed by atoms with Gasteiger partial charge in [0.05, 0.1) is 0 Å². The molecule has 7 heteroatoms. The van der Waals surface area contributed by atoms with E-state index < -0.39 is 35.2 Å². The second-order valence-corrected chi connectivity index (χ2v) is 5.15. The standard InChI is InChI=1S/C11H17N3O4/c1-5(2)6(7(12)15)14-9(17)11(3,4)8(16)13-10(14)18/h5-6H,1-4H3,(H2,12,15)(H,13,16,18). The largest absolute Gasteiger partial charge is 0.368 e. The number of amides is 5. The van der Waals surface area contributed by atoms with Crippen molar-refractivity contribution >= 4 is 23.8 Å². The number of carbonyl (C=O) groups excluding carboxylic acids is 4. The van der Waals surface area contributed by atoms with Gasteiger partial charge in [-0.25, -0.2) is 4.79 Å². The topological polar surface area (TPSA) is 110 Å². The molecule has 0 radical (unpaired) electrons. The first kappa shape index (κ1) is 14.1. The molecule has 0 aromatic heterocycles. The fourth-order valence-corrected chi connectivity index (χ4v) is 1.81. The molecule has 1 unspecified atom stereocenters. The molecule has 1 heterocycles. The van der Waals surface area contributed by atoms with Crippen molar-refractivity contribution in [3.05, 3.63) is 0 Å². The minimum atomic E-state index is -1.39. The molecule has 18 heavy (non-hydrogen) atoms. The number of carbonyl (C=O) groups is 4. The molecule has 0 bridgehead atoms. The zero-order valence-electron chi connectivity index (χ0n) is 10.8. The van der Waals surface area contributed by atoms with Crippen molar-refractivity contribution in [1.82, 2.24) is 10.2 Å². The molecule has 5 amide bonds. The predicted molar refractivity (Wildman–Crippen MR) is 62.0 cm³/mol. The Labute approximate surface area is 105 Å². The number of imide groups is 2. The Morgan fingerprint density at radius 1 is 1.28 bits per heavy atom. The highest BCUT2D eigenvalue weighted by atomic mass is 16.2. The smallest absolute Gasteiger partial charge is 0.331 e. The van der Waals surface area contributed by atoms with E-state index in [-0.39, 0.29) is 5.92 Å². The van der Waals surface area contributed by atoms with Crippen LogP contribution in [-0.2, 0) is 14.4 Å². The molecule has 0 aliphatic carbocycles. The molecule has 7 nitrogen and oxygen atoms in total. The van der Waals surface area contributed by atoms with Crippen LogP contribution in [0.4, 0.5) is 4.79 Å². The Balaban J connectivity index is 3.22. The van der Waals surface area contributed by atoms with Gasteiger partial charge < -0.3 is 5.73 Å². The average Bonchev–Trinajstić information content (AvgIpc) is 2.21. The van der Waals surface area contributed by atoms with Crippen molar-refractivity contribution in [2.45, 2.75) is 33.7 Å². The highest BCUT2D eigenvalue weighted by Gasteiger charge is 2.50. The van der Waals surface area contributed by atoms with Crippen LogP contribution in [0.5, 0.6) is 0 Å². The number of urea groups is 1. The Bertz CT molecular complexity index is 428. The van der Waals surface area contributed by atoms with E-state index in [0.717, 1.165) is 4.90 Å². The lowest BCUT2D eigenvalue weighted by Crippen LogP contribution is -2.67. The first-order valence-electron chi connectivity index (χ1n) is 5.59. The van der Waals surface area contributed by atoms with Gasteiger partial charge in [-0.2, -0.15) is 0 Å². The number of primary amides is 1. The summed E-state index contributed by atoms with van der Waals surface area (Å²) >= 11 is 0. The van der Waals surface area contributed by atoms with Crippen LogP contribution in [-0.4, -0.2) is 34.7 Å². The highest BCUT2D eigenvalue weighted by molar-refractivity contribution is 6.19. The summed E-state index contributed by atoms with van der Waals surface area (Å²) in [5.41, 5.74) is 3.83. The van der Waals surface area contributed by atoms with E-state index in [1.54, 1.807) is 13.8 Å².